The first kappa shape index (κ1) is 12.6. The van der Waals surface area contributed by atoms with Crippen molar-refractivity contribution in [3.8, 4) is 0 Å². The number of hydrogen-bond donors (Lipinski definition) is 2. The fourth-order valence-corrected chi connectivity index (χ4v) is 1.51. The number of rotatable bonds is 5. The van der Waals surface area contributed by atoms with Crippen LogP contribution in [0.1, 0.15) is 25.3 Å². The highest BCUT2D eigenvalue weighted by atomic mass is 19.1. The maximum absolute atomic E-state index is 13.0. The van der Waals surface area contributed by atoms with Gasteiger partial charge in [0.25, 0.3) is 0 Å². The summed E-state index contributed by atoms with van der Waals surface area (Å²) >= 11 is 0. The number of hydrogen-bond acceptors (Lipinski definition) is 2. The zero-order chi connectivity index (χ0) is 12.0. The molecule has 0 aliphatic carbocycles. The lowest BCUT2D eigenvalue weighted by atomic mass is 10.1. The van der Waals surface area contributed by atoms with E-state index in [1.807, 2.05) is 0 Å². The van der Waals surface area contributed by atoms with Crippen LogP contribution in [0.4, 0.5) is 10.1 Å². The summed E-state index contributed by atoms with van der Waals surface area (Å²) in [6.45, 7) is 1.55. The molecule has 0 aromatic heterocycles. The number of carbonyl (C=O) groups is 1. The van der Waals surface area contributed by atoms with E-state index in [-0.39, 0.29) is 18.3 Å². The molecule has 4 heteroatoms. The third kappa shape index (κ3) is 3.98. The zero-order valence-electron chi connectivity index (χ0n) is 9.29. The van der Waals surface area contributed by atoms with E-state index in [0.717, 1.165) is 12.0 Å². The van der Waals surface area contributed by atoms with E-state index in [1.54, 1.807) is 6.07 Å². The lowest BCUT2D eigenvalue weighted by Gasteiger charge is -2.09. The van der Waals surface area contributed by atoms with Crippen LogP contribution in [0.15, 0.2) is 18.2 Å². The van der Waals surface area contributed by atoms with Crippen molar-refractivity contribution < 1.29 is 14.3 Å². The van der Waals surface area contributed by atoms with Gasteiger partial charge in [-0.1, -0.05) is 0 Å². The Labute approximate surface area is 94.3 Å². The Morgan fingerprint density at radius 2 is 2.19 bits per heavy atom. The summed E-state index contributed by atoms with van der Waals surface area (Å²) in [6, 6.07) is 4.30. The van der Waals surface area contributed by atoms with E-state index in [9.17, 15) is 9.18 Å². The Bertz CT molecular complexity index is 366. The molecule has 1 aromatic carbocycles. The van der Waals surface area contributed by atoms with E-state index in [1.165, 1.54) is 19.1 Å². The highest BCUT2D eigenvalue weighted by molar-refractivity contribution is 5.89. The van der Waals surface area contributed by atoms with Gasteiger partial charge in [-0.2, -0.15) is 0 Å². The number of aliphatic hydroxyl groups is 1. The smallest absolute Gasteiger partial charge is 0.221 e. The van der Waals surface area contributed by atoms with Crippen LogP contribution in [0.2, 0.25) is 0 Å². The number of amides is 1. The van der Waals surface area contributed by atoms with Gasteiger partial charge in [-0.15, -0.1) is 0 Å². The quantitative estimate of drug-likeness (QED) is 0.754. The number of anilines is 1. The van der Waals surface area contributed by atoms with E-state index in [0.29, 0.717) is 18.5 Å². The fourth-order valence-electron chi connectivity index (χ4n) is 1.51. The van der Waals surface area contributed by atoms with Gasteiger partial charge in [-0.25, -0.2) is 4.39 Å². The minimum Gasteiger partial charge on any atom is -0.396 e. The number of aryl methyl sites for hydroxylation is 1. The first-order chi connectivity index (χ1) is 7.63. The summed E-state index contributed by atoms with van der Waals surface area (Å²) in [4.78, 5) is 10.9. The third-order valence-electron chi connectivity index (χ3n) is 2.23. The lowest BCUT2D eigenvalue weighted by Crippen LogP contribution is -2.08. The highest BCUT2D eigenvalue weighted by Crippen LogP contribution is 2.19. The largest absolute Gasteiger partial charge is 0.396 e. The summed E-state index contributed by atoms with van der Waals surface area (Å²) in [6.07, 6.45) is 2.09. The lowest BCUT2D eigenvalue weighted by molar-refractivity contribution is -0.114. The van der Waals surface area contributed by atoms with Gasteiger partial charge in [0.1, 0.15) is 5.82 Å². The van der Waals surface area contributed by atoms with Crippen LogP contribution < -0.4 is 5.32 Å². The summed E-state index contributed by atoms with van der Waals surface area (Å²) in [5, 5.41) is 11.3. The Hall–Kier alpha value is -1.42. The number of nitrogens with one attached hydrogen (secondary N) is 1. The molecule has 1 aromatic rings. The molecule has 0 saturated heterocycles. The topological polar surface area (TPSA) is 49.3 Å². The van der Waals surface area contributed by atoms with Gasteiger partial charge in [0, 0.05) is 19.2 Å². The molecule has 0 spiro atoms. The number of halogens is 1. The molecule has 0 aliphatic rings. The molecular weight excluding hydrogens is 209 g/mol. The maximum Gasteiger partial charge on any atom is 0.221 e. The van der Waals surface area contributed by atoms with Crippen LogP contribution in [0.3, 0.4) is 0 Å². The van der Waals surface area contributed by atoms with Crippen LogP contribution in [0, 0.1) is 5.82 Å². The van der Waals surface area contributed by atoms with Crippen LogP contribution in [-0.4, -0.2) is 17.6 Å². The Morgan fingerprint density at radius 3 is 2.81 bits per heavy atom. The van der Waals surface area contributed by atoms with E-state index in [4.69, 9.17) is 5.11 Å². The normalized spacial score (nSPS) is 10.2. The van der Waals surface area contributed by atoms with Crippen molar-refractivity contribution in [2.24, 2.45) is 0 Å². The molecule has 3 nitrogen and oxygen atoms in total. The second-order valence-corrected chi connectivity index (χ2v) is 3.66. The average Bonchev–Trinajstić information content (AvgIpc) is 2.22. The van der Waals surface area contributed by atoms with Crippen LogP contribution in [0.5, 0.6) is 0 Å². The van der Waals surface area contributed by atoms with Gasteiger partial charge in [0.2, 0.25) is 5.91 Å². The first-order valence-corrected chi connectivity index (χ1v) is 5.30. The Kier molecular flexibility index (Phi) is 4.92. The molecule has 2 N–H and O–H groups in total. The molecule has 0 heterocycles. The van der Waals surface area contributed by atoms with Crippen LogP contribution in [0.25, 0.3) is 0 Å². The Balaban J connectivity index is 2.76. The molecule has 0 atom stereocenters. The number of carbonyl (C=O) groups excluding carboxylic acids is 1. The number of aliphatic hydroxyl groups excluding tert-OH is 1. The minimum absolute atomic E-state index is 0.130. The van der Waals surface area contributed by atoms with Crippen LogP contribution >= 0.6 is 0 Å². The molecule has 0 bridgehead atoms. The number of unbranched alkanes of at least 4 members (excludes halogenated alkanes) is 1. The zero-order valence-corrected chi connectivity index (χ0v) is 9.29. The molecule has 0 aliphatic heterocycles. The standard InChI is InChI=1S/C12H16FNO2/c1-9(16)14-12-6-5-11(13)8-10(12)4-2-3-7-15/h5-6,8,15H,2-4,7H2,1H3,(H,14,16). The molecular formula is C12H16FNO2. The van der Waals surface area contributed by atoms with Crippen molar-refractivity contribution in [1.29, 1.82) is 0 Å². The third-order valence-corrected chi connectivity index (χ3v) is 2.23. The minimum atomic E-state index is -0.312. The SMILES string of the molecule is CC(=O)Nc1ccc(F)cc1CCCCO. The van der Waals surface area contributed by atoms with Gasteiger partial charge >= 0.3 is 0 Å². The van der Waals surface area contributed by atoms with Crippen molar-refractivity contribution in [3.63, 3.8) is 0 Å². The predicted molar refractivity (Wildman–Crippen MR) is 60.7 cm³/mol. The van der Waals surface area contributed by atoms with Crippen LogP contribution in [-0.2, 0) is 11.2 Å². The molecule has 0 saturated carbocycles. The van der Waals surface area contributed by atoms with Gasteiger partial charge in [-0.05, 0) is 43.0 Å². The highest BCUT2D eigenvalue weighted by Gasteiger charge is 2.05. The maximum atomic E-state index is 13.0. The van der Waals surface area contributed by atoms with Crippen molar-refractivity contribution in [2.45, 2.75) is 26.2 Å². The number of benzene rings is 1. The molecule has 16 heavy (non-hydrogen) atoms. The van der Waals surface area contributed by atoms with E-state index in [2.05, 4.69) is 5.32 Å². The summed E-state index contributed by atoms with van der Waals surface area (Å²) < 4.78 is 13.0. The predicted octanol–water partition coefficient (Wildman–Crippen LogP) is 2.10. The molecule has 1 amide bonds. The van der Waals surface area contributed by atoms with Crippen molar-refractivity contribution in [1.82, 2.24) is 0 Å². The van der Waals surface area contributed by atoms with E-state index >= 15 is 0 Å². The molecule has 0 fully saturated rings. The molecule has 0 unspecified atom stereocenters. The van der Waals surface area contributed by atoms with Gasteiger partial charge in [-0.3, -0.25) is 4.79 Å². The Morgan fingerprint density at radius 1 is 1.44 bits per heavy atom. The van der Waals surface area contributed by atoms with Crippen molar-refractivity contribution in [2.75, 3.05) is 11.9 Å². The van der Waals surface area contributed by atoms with Gasteiger partial charge in [0.05, 0.1) is 0 Å². The second kappa shape index (κ2) is 6.23. The van der Waals surface area contributed by atoms with E-state index < -0.39 is 0 Å². The molecule has 0 radical (unpaired) electrons. The van der Waals surface area contributed by atoms with Gasteiger partial charge in [0.15, 0.2) is 0 Å². The molecule has 88 valence electrons. The average molecular weight is 225 g/mol. The van der Waals surface area contributed by atoms with Crippen molar-refractivity contribution >= 4 is 11.6 Å². The summed E-state index contributed by atoms with van der Waals surface area (Å²) in [5.74, 6) is -0.483. The summed E-state index contributed by atoms with van der Waals surface area (Å²) in [7, 11) is 0. The second-order valence-electron chi connectivity index (χ2n) is 3.66. The molecule has 1 rings (SSSR count). The fraction of sp³-hybridized carbons (Fsp3) is 0.417. The summed E-state index contributed by atoms with van der Waals surface area (Å²) in [5.41, 5.74) is 1.41. The monoisotopic (exact) mass is 225 g/mol. The first-order valence-electron chi connectivity index (χ1n) is 5.30. The van der Waals surface area contributed by atoms with Crippen molar-refractivity contribution in [3.05, 3.63) is 29.6 Å². The van der Waals surface area contributed by atoms with Gasteiger partial charge < -0.3 is 10.4 Å².